The Morgan fingerprint density at radius 3 is 0.918 bits per heavy atom. The van der Waals surface area contributed by atoms with Gasteiger partial charge in [-0.25, -0.2) is 0 Å². The van der Waals surface area contributed by atoms with Crippen molar-refractivity contribution < 1.29 is 28.6 Å². The number of ether oxygens (including phenoxy) is 3. The van der Waals surface area contributed by atoms with E-state index >= 15 is 0 Å². The number of esters is 3. The number of hydrogen-bond donors (Lipinski definition) is 0. The van der Waals surface area contributed by atoms with Crippen LogP contribution < -0.4 is 0 Å². The summed E-state index contributed by atoms with van der Waals surface area (Å²) in [4.78, 5) is 38.3. The molecular formula is C67H118O6. The van der Waals surface area contributed by atoms with E-state index in [1.54, 1.807) is 0 Å². The molecule has 0 aliphatic carbocycles. The van der Waals surface area contributed by atoms with Crippen LogP contribution in [0.5, 0.6) is 0 Å². The molecule has 1 atom stereocenters. The van der Waals surface area contributed by atoms with Gasteiger partial charge in [0.2, 0.25) is 0 Å². The molecule has 0 spiro atoms. The van der Waals surface area contributed by atoms with Crippen LogP contribution in [-0.2, 0) is 28.6 Å². The second-order valence-electron chi connectivity index (χ2n) is 21.0. The largest absolute Gasteiger partial charge is 0.462 e. The lowest BCUT2D eigenvalue weighted by Crippen LogP contribution is -2.30. The summed E-state index contributed by atoms with van der Waals surface area (Å²) in [5.74, 6) is -0.898. The molecule has 0 amide bonds. The number of rotatable bonds is 57. The average molecular weight is 1020 g/mol. The third-order valence-corrected chi connectivity index (χ3v) is 13.7. The van der Waals surface area contributed by atoms with Crippen molar-refractivity contribution in [2.45, 2.75) is 322 Å². The Balaban J connectivity index is 4.41. The van der Waals surface area contributed by atoms with E-state index in [1.807, 2.05) is 0 Å². The SMILES string of the molecule is CC/C=C\C/C=C\C/C=C\C/C=C\CCCCCCCCC(=O)OCC(COC(=O)CCCCCCCCCCCCCCCCCCCC)OC(=O)CCCCCCC/C=C\C=C/CCCCCCCCC. The standard InChI is InChI=1S/C67H118O6/c1-4-7-10-13-16-19-22-25-28-31-34-37-39-42-45-48-51-54-57-60-66(69)72-63-64(73-67(70)61-58-55-52-49-46-43-40-36-33-30-27-24-21-18-15-12-9-6-3)62-71-65(68)59-56-53-50-47-44-41-38-35-32-29-26-23-20-17-14-11-8-5-2/h7,10,16,19,25,28,30,33-34,36-37,40,64H,4-6,8-9,11-15,17-18,20-24,26-27,29,31-32,35,38-39,41-63H2,1-3H3/b10-7-,19-16-,28-25-,33-30-,37-34-,40-36-. The molecule has 73 heavy (non-hydrogen) atoms. The summed E-state index contributed by atoms with van der Waals surface area (Å²) in [5, 5.41) is 0. The van der Waals surface area contributed by atoms with E-state index in [0.29, 0.717) is 19.3 Å². The van der Waals surface area contributed by atoms with Crippen LogP contribution in [-0.4, -0.2) is 37.2 Å². The summed E-state index contributed by atoms with van der Waals surface area (Å²) in [5.41, 5.74) is 0. The normalized spacial score (nSPS) is 12.5. The molecule has 0 saturated carbocycles. The molecule has 0 N–H and O–H groups in total. The highest BCUT2D eigenvalue weighted by atomic mass is 16.6. The van der Waals surface area contributed by atoms with Crippen LogP contribution in [0.2, 0.25) is 0 Å². The van der Waals surface area contributed by atoms with Gasteiger partial charge in [-0.15, -0.1) is 0 Å². The fraction of sp³-hybridized carbons (Fsp3) is 0.776. The van der Waals surface area contributed by atoms with Gasteiger partial charge >= 0.3 is 17.9 Å². The predicted octanol–water partition coefficient (Wildman–Crippen LogP) is 21.3. The summed E-state index contributed by atoms with van der Waals surface area (Å²) in [6, 6.07) is 0. The molecular weight excluding hydrogens is 901 g/mol. The molecule has 0 aromatic rings. The lowest BCUT2D eigenvalue weighted by atomic mass is 10.0. The van der Waals surface area contributed by atoms with Crippen molar-refractivity contribution in [3.05, 3.63) is 72.9 Å². The van der Waals surface area contributed by atoms with Crippen molar-refractivity contribution in [2.75, 3.05) is 13.2 Å². The Kier molecular flexibility index (Phi) is 58.7. The van der Waals surface area contributed by atoms with E-state index in [4.69, 9.17) is 14.2 Å². The smallest absolute Gasteiger partial charge is 0.306 e. The second kappa shape index (κ2) is 61.4. The first-order chi connectivity index (χ1) is 36.0. The third-order valence-electron chi connectivity index (χ3n) is 13.7. The van der Waals surface area contributed by atoms with E-state index in [2.05, 4.69) is 93.7 Å². The van der Waals surface area contributed by atoms with Crippen LogP contribution in [0.1, 0.15) is 316 Å². The summed E-state index contributed by atoms with van der Waals surface area (Å²) in [7, 11) is 0. The van der Waals surface area contributed by atoms with Gasteiger partial charge in [-0.3, -0.25) is 14.4 Å². The number of allylic oxidation sites excluding steroid dienone is 12. The van der Waals surface area contributed by atoms with Crippen molar-refractivity contribution >= 4 is 17.9 Å². The fourth-order valence-corrected chi connectivity index (χ4v) is 9.02. The molecule has 0 heterocycles. The minimum Gasteiger partial charge on any atom is -0.462 e. The molecule has 0 saturated heterocycles. The first-order valence-electron chi connectivity index (χ1n) is 31.5. The quantitative estimate of drug-likeness (QED) is 0.0199. The maximum Gasteiger partial charge on any atom is 0.306 e. The molecule has 0 rings (SSSR count). The molecule has 1 unspecified atom stereocenters. The highest BCUT2D eigenvalue weighted by molar-refractivity contribution is 5.71. The summed E-state index contributed by atoms with van der Waals surface area (Å²) in [6.07, 6.45) is 79.0. The summed E-state index contributed by atoms with van der Waals surface area (Å²) >= 11 is 0. The maximum absolute atomic E-state index is 12.9. The molecule has 0 fully saturated rings. The molecule has 6 heteroatoms. The van der Waals surface area contributed by atoms with Crippen molar-refractivity contribution in [3.63, 3.8) is 0 Å². The van der Waals surface area contributed by atoms with Gasteiger partial charge in [-0.05, 0) is 83.5 Å². The van der Waals surface area contributed by atoms with Crippen LogP contribution in [0.4, 0.5) is 0 Å². The highest BCUT2D eigenvalue weighted by Crippen LogP contribution is 2.17. The van der Waals surface area contributed by atoms with E-state index in [-0.39, 0.29) is 31.1 Å². The monoisotopic (exact) mass is 1020 g/mol. The zero-order valence-electron chi connectivity index (χ0n) is 48.4. The first kappa shape index (κ1) is 69.8. The van der Waals surface area contributed by atoms with E-state index in [1.165, 1.54) is 167 Å². The van der Waals surface area contributed by atoms with Gasteiger partial charge in [0.1, 0.15) is 13.2 Å². The third kappa shape index (κ3) is 59.6. The number of carbonyl (C=O) groups is 3. The van der Waals surface area contributed by atoms with Crippen LogP contribution in [0.15, 0.2) is 72.9 Å². The van der Waals surface area contributed by atoms with Crippen molar-refractivity contribution in [2.24, 2.45) is 0 Å². The zero-order chi connectivity index (χ0) is 52.9. The average Bonchev–Trinajstić information content (AvgIpc) is 3.39. The topological polar surface area (TPSA) is 78.9 Å². The maximum atomic E-state index is 12.9. The lowest BCUT2D eigenvalue weighted by Gasteiger charge is -2.18. The van der Waals surface area contributed by atoms with E-state index < -0.39 is 6.10 Å². The van der Waals surface area contributed by atoms with Crippen LogP contribution in [0, 0.1) is 0 Å². The zero-order valence-corrected chi connectivity index (χ0v) is 48.4. The second-order valence-corrected chi connectivity index (χ2v) is 21.0. The number of unbranched alkanes of at least 4 members (excludes halogenated alkanes) is 35. The van der Waals surface area contributed by atoms with E-state index in [9.17, 15) is 14.4 Å². The summed E-state index contributed by atoms with van der Waals surface area (Å²) in [6.45, 7) is 6.54. The van der Waals surface area contributed by atoms with Gasteiger partial charge in [0, 0.05) is 19.3 Å². The lowest BCUT2D eigenvalue weighted by molar-refractivity contribution is -0.167. The van der Waals surface area contributed by atoms with Gasteiger partial charge in [0.05, 0.1) is 0 Å². The van der Waals surface area contributed by atoms with Gasteiger partial charge < -0.3 is 14.2 Å². The van der Waals surface area contributed by atoms with Gasteiger partial charge in [-0.1, -0.05) is 286 Å². The Hall–Kier alpha value is -3.15. The van der Waals surface area contributed by atoms with E-state index in [0.717, 1.165) is 109 Å². The molecule has 0 aromatic carbocycles. The molecule has 422 valence electrons. The van der Waals surface area contributed by atoms with Crippen LogP contribution >= 0.6 is 0 Å². The summed E-state index contributed by atoms with van der Waals surface area (Å²) < 4.78 is 16.9. The highest BCUT2D eigenvalue weighted by Gasteiger charge is 2.19. The minimum absolute atomic E-state index is 0.0837. The molecule has 0 bridgehead atoms. The Morgan fingerprint density at radius 1 is 0.301 bits per heavy atom. The van der Waals surface area contributed by atoms with Crippen molar-refractivity contribution in [1.82, 2.24) is 0 Å². The Morgan fingerprint density at radius 2 is 0.575 bits per heavy atom. The molecule has 0 aliphatic rings. The molecule has 0 radical (unpaired) electrons. The van der Waals surface area contributed by atoms with Crippen LogP contribution in [0.3, 0.4) is 0 Å². The molecule has 0 aliphatic heterocycles. The molecule has 6 nitrogen and oxygen atoms in total. The Bertz CT molecular complexity index is 1360. The Labute approximate surface area is 453 Å². The van der Waals surface area contributed by atoms with Gasteiger partial charge in [0.25, 0.3) is 0 Å². The number of carbonyl (C=O) groups excluding carboxylic acids is 3. The van der Waals surface area contributed by atoms with Gasteiger partial charge in [0.15, 0.2) is 6.10 Å². The number of hydrogen-bond acceptors (Lipinski definition) is 6. The fourth-order valence-electron chi connectivity index (χ4n) is 9.02. The van der Waals surface area contributed by atoms with Gasteiger partial charge in [-0.2, -0.15) is 0 Å². The van der Waals surface area contributed by atoms with Crippen LogP contribution in [0.25, 0.3) is 0 Å². The predicted molar refractivity (Wildman–Crippen MR) is 316 cm³/mol. The molecule has 0 aromatic heterocycles. The van der Waals surface area contributed by atoms with Crippen molar-refractivity contribution in [3.8, 4) is 0 Å². The first-order valence-corrected chi connectivity index (χ1v) is 31.5. The van der Waals surface area contributed by atoms with Crippen molar-refractivity contribution in [1.29, 1.82) is 0 Å². The minimum atomic E-state index is -0.790.